The summed E-state index contributed by atoms with van der Waals surface area (Å²) in [5.41, 5.74) is 0. The third-order valence-electron chi connectivity index (χ3n) is 18.4. The van der Waals surface area contributed by atoms with E-state index in [4.69, 9.17) is 37.0 Å². The first-order valence-electron chi connectivity index (χ1n) is 41.6. The molecule has 0 aliphatic heterocycles. The van der Waals surface area contributed by atoms with Crippen LogP contribution in [-0.4, -0.2) is 96.7 Å². The molecule has 0 aromatic heterocycles. The van der Waals surface area contributed by atoms with Crippen molar-refractivity contribution in [2.45, 2.75) is 431 Å². The average molecular weight is 1460 g/mol. The zero-order chi connectivity index (χ0) is 73.2. The van der Waals surface area contributed by atoms with E-state index in [1.807, 2.05) is 0 Å². The molecule has 19 heteroatoms. The van der Waals surface area contributed by atoms with E-state index in [0.29, 0.717) is 25.7 Å². The normalized spacial score (nSPS) is 13.9. The van der Waals surface area contributed by atoms with E-state index >= 15 is 0 Å². The molecule has 3 N–H and O–H groups in total. The van der Waals surface area contributed by atoms with Gasteiger partial charge in [-0.15, -0.1) is 0 Å². The summed E-state index contributed by atoms with van der Waals surface area (Å²) < 4.78 is 68.7. The minimum Gasteiger partial charge on any atom is -0.462 e. The first-order chi connectivity index (χ1) is 48.7. The molecule has 0 saturated carbocycles. The number of phosphoric acid groups is 2. The Balaban J connectivity index is 5.31. The molecule has 2 unspecified atom stereocenters. The predicted octanol–water partition coefficient (Wildman–Crippen LogP) is 24.1. The minimum atomic E-state index is -4.97. The SMILES string of the molecule is CCCCCCCC/C=C\CCCCCCCC(=O)O[C@H](COC(=O)CCCCCCCCCCCCCCCCC)COP(=O)(O)OCC(O)COP(=O)(O)OC[C@@H](COC(=O)CCCCCCCCCCCCCCCCC)OC(=O)CCCCCCC/C=C\CCCCCCCC. The fourth-order valence-corrected chi connectivity index (χ4v) is 13.6. The molecule has 0 heterocycles. The third-order valence-corrected chi connectivity index (χ3v) is 20.3. The van der Waals surface area contributed by atoms with Crippen LogP contribution >= 0.6 is 15.6 Å². The van der Waals surface area contributed by atoms with Crippen LogP contribution in [0.3, 0.4) is 0 Å². The molecular formula is C81H154O17P2. The van der Waals surface area contributed by atoms with Gasteiger partial charge in [-0.3, -0.25) is 37.3 Å². The number of aliphatic hydroxyl groups excluding tert-OH is 1. The number of hydrogen-bond acceptors (Lipinski definition) is 15. The van der Waals surface area contributed by atoms with Crippen molar-refractivity contribution in [3.05, 3.63) is 24.3 Å². The fourth-order valence-electron chi connectivity index (χ4n) is 12.0. The summed E-state index contributed by atoms with van der Waals surface area (Å²) in [6.45, 7) is 4.97. The maximum absolute atomic E-state index is 13.1. The molecule has 0 radical (unpaired) electrons. The van der Waals surface area contributed by atoms with Crippen molar-refractivity contribution in [3.8, 4) is 0 Å². The highest BCUT2D eigenvalue weighted by molar-refractivity contribution is 7.47. The number of aliphatic hydroxyl groups is 1. The summed E-state index contributed by atoms with van der Waals surface area (Å²) in [4.78, 5) is 73.1. The molecule has 0 amide bonds. The molecule has 0 rings (SSSR count). The Bertz CT molecular complexity index is 1850. The third kappa shape index (κ3) is 73.8. The lowest BCUT2D eigenvalue weighted by atomic mass is 10.0. The standard InChI is InChI=1S/C81H154O17P2/c1-5-9-13-17-21-25-29-33-37-41-45-49-53-57-61-65-78(83)91-71-76(97-80(85)67-63-59-55-51-47-43-39-35-31-27-23-19-15-11-7-3)73-95-99(87,88)93-69-75(82)70-94-100(89,90)96-74-77(98-81(86)68-64-60-56-52-48-44-40-36-32-28-24-20-16-12-8-4)72-92-79(84)66-62-58-54-50-46-42-38-34-30-26-22-18-14-10-6-2/h35-36,39-40,75-77,82H,5-34,37-38,41-74H2,1-4H3,(H,87,88)(H,89,90)/b39-35-,40-36-/t76-,77-/m1/s1. The number of carbonyl (C=O) groups excluding carboxylic acids is 4. The minimum absolute atomic E-state index is 0.0939. The molecule has 590 valence electrons. The van der Waals surface area contributed by atoms with Crippen LogP contribution < -0.4 is 0 Å². The van der Waals surface area contributed by atoms with Crippen LogP contribution in [0.1, 0.15) is 413 Å². The van der Waals surface area contributed by atoms with Gasteiger partial charge in [-0.2, -0.15) is 0 Å². The smallest absolute Gasteiger partial charge is 0.462 e. The number of unbranched alkanes of at least 4 members (excludes halogenated alkanes) is 50. The van der Waals surface area contributed by atoms with Crippen LogP contribution in [0, 0.1) is 0 Å². The van der Waals surface area contributed by atoms with Gasteiger partial charge >= 0.3 is 39.5 Å². The van der Waals surface area contributed by atoms with Crippen molar-refractivity contribution in [2.24, 2.45) is 0 Å². The van der Waals surface area contributed by atoms with Crippen LogP contribution in [0.4, 0.5) is 0 Å². The first-order valence-corrected chi connectivity index (χ1v) is 44.6. The van der Waals surface area contributed by atoms with E-state index in [1.54, 1.807) is 0 Å². The van der Waals surface area contributed by atoms with Crippen LogP contribution in [0.15, 0.2) is 24.3 Å². The zero-order valence-corrected chi connectivity index (χ0v) is 66.5. The summed E-state index contributed by atoms with van der Waals surface area (Å²) in [6.07, 6.45) is 70.0. The molecule has 17 nitrogen and oxygen atoms in total. The van der Waals surface area contributed by atoms with Gasteiger partial charge < -0.3 is 33.8 Å². The molecule has 0 aromatic rings. The van der Waals surface area contributed by atoms with Crippen molar-refractivity contribution in [1.82, 2.24) is 0 Å². The lowest BCUT2D eigenvalue weighted by Crippen LogP contribution is -2.30. The summed E-state index contributed by atoms with van der Waals surface area (Å²) in [6, 6.07) is 0. The molecule has 100 heavy (non-hydrogen) atoms. The van der Waals surface area contributed by atoms with Crippen LogP contribution in [0.25, 0.3) is 0 Å². The number of rotatable bonds is 80. The van der Waals surface area contributed by atoms with Crippen LogP contribution in [0.2, 0.25) is 0 Å². The Hall–Kier alpha value is -2.46. The predicted molar refractivity (Wildman–Crippen MR) is 409 cm³/mol. The highest BCUT2D eigenvalue weighted by Crippen LogP contribution is 2.45. The number of carbonyl (C=O) groups is 4. The Labute approximate surface area is 612 Å². The Morgan fingerprint density at radius 1 is 0.270 bits per heavy atom. The molecule has 0 saturated heterocycles. The molecule has 0 aliphatic rings. The van der Waals surface area contributed by atoms with Crippen LogP contribution in [0.5, 0.6) is 0 Å². The molecule has 0 spiro atoms. The van der Waals surface area contributed by atoms with Gasteiger partial charge in [0.25, 0.3) is 0 Å². The lowest BCUT2D eigenvalue weighted by molar-refractivity contribution is -0.161. The maximum Gasteiger partial charge on any atom is 0.472 e. The number of hydrogen-bond donors (Lipinski definition) is 3. The van der Waals surface area contributed by atoms with Gasteiger partial charge in [-0.1, -0.05) is 335 Å². The van der Waals surface area contributed by atoms with Gasteiger partial charge in [0.15, 0.2) is 12.2 Å². The number of ether oxygens (including phenoxy) is 4. The molecule has 0 aromatic carbocycles. The van der Waals surface area contributed by atoms with Gasteiger partial charge in [0.1, 0.15) is 19.3 Å². The van der Waals surface area contributed by atoms with Gasteiger partial charge in [0.05, 0.1) is 26.4 Å². The van der Waals surface area contributed by atoms with E-state index in [0.717, 1.165) is 116 Å². The van der Waals surface area contributed by atoms with Gasteiger partial charge in [-0.25, -0.2) is 9.13 Å². The number of esters is 4. The van der Waals surface area contributed by atoms with E-state index in [9.17, 15) is 43.2 Å². The molecule has 0 fully saturated rings. The van der Waals surface area contributed by atoms with E-state index < -0.39 is 97.5 Å². The summed E-state index contributed by atoms with van der Waals surface area (Å²) in [5, 5.41) is 10.6. The number of phosphoric ester groups is 2. The van der Waals surface area contributed by atoms with Crippen molar-refractivity contribution in [3.63, 3.8) is 0 Å². The second-order valence-corrected chi connectivity index (χ2v) is 31.3. The number of allylic oxidation sites excluding steroid dienone is 4. The average Bonchev–Trinajstić information content (AvgIpc) is 1.25. The highest BCUT2D eigenvalue weighted by atomic mass is 31.2. The van der Waals surface area contributed by atoms with Crippen molar-refractivity contribution < 1.29 is 80.2 Å². The second-order valence-electron chi connectivity index (χ2n) is 28.4. The summed E-state index contributed by atoms with van der Waals surface area (Å²) in [5.74, 6) is -2.14. The molecule has 0 bridgehead atoms. The Morgan fingerprint density at radius 2 is 0.460 bits per heavy atom. The molecular weight excluding hydrogens is 1310 g/mol. The topological polar surface area (TPSA) is 237 Å². The molecule has 0 aliphatic carbocycles. The second kappa shape index (κ2) is 74.8. The maximum atomic E-state index is 13.1. The largest absolute Gasteiger partial charge is 0.472 e. The zero-order valence-electron chi connectivity index (χ0n) is 64.7. The first kappa shape index (κ1) is 97.5. The molecule has 4 atom stereocenters. The highest BCUT2D eigenvalue weighted by Gasteiger charge is 2.30. The van der Waals surface area contributed by atoms with Gasteiger partial charge in [0.2, 0.25) is 0 Å². The summed E-state index contributed by atoms with van der Waals surface area (Å²) in [7, 11) is -9.93. The van der Waals surface area contributed by atoms with Crippen molar-refractivity contribution >= 4 is 39.5 Å². The Kier molecular flexibility index (Phi) is 73.0. The lowest BCUT2D eigenvalue weighted by Gasteiger charge is -2.21. The monoisotopic (exact) mass is 1460 g/mol. The van der Waals surface area contributed by atoms with Crippen molar-refractivity contribution in [2.75, 3.05) is 39.6 Å². The quantitative estimate of drug-likeness (QED) is 0.0169. The van der Waals surface area contributed by atoms with Crippen LogP contribution in [-0.2, 0) is 65.4 Å². The van der Waals surface area contributed by atoms with Crippen molar-refractivity contribution in [1.29, 1.82) is 0 Å². The van der Waals surface area contributed by atoms with E-state index in [1.165, 1.54) is 218 Å². The van der Waals surface area contributed by atoms with Gasteiger partial charge in [-0.05, 0) is 77.0 Å². The summed E-state index contributed by atoms with van der Waals surface area (Å²) >= 11 is 0. The van der Waals surface area contributed by atoms with E-state index in [2.05, 4.69) is 52.0 Å². The van der Waals surface area contributed by atoms with E-state index in [-0.39, 0.29) is 25.7 Å². The fraction of sp³-hybridized carbons (Fsp3) is 0.901. The Morgan fingerprint density at radius 3 is 0.690 bits per heavy atom. The van der Waals surface area contributed by atoms with Gasteiger partial charge in [0, 0.05) is 25.7 Å².